The first-order chi connectivity index (χ1) is 17.1. The number of nitrogens with one attached hydrogen (secondary N) is 2. The molecule has 3 rings (SSSR count). The highest BCUT2D eigenvalue weighted by Crippen LogP contribution is 2.25. The Hall–Kier alpha value is -3.26. The molecule has 2 aromatic carbocycles. The molecule has 1 atom stereocenters. The monoisotopic (exact) mass is 526 g/mol. The molecule has 3 aromatic rings. The van der Waals surface area contributed by atoms with Gasteiger partial charge in [-0.2, -0.15) is 5.26 Å². The van der Waals surface area contributed by atoms with Crippen LogP contribution in [0.4, 0.5) is 0 Å². The lowest BCUT2D eigenvalue weighted by Gasteiger charge is -2.21. The molecule has 0 aliphatic rings. The van der Waals surface area contributed by atoms with Gasteiger partial charge in [0.25, 0.3) is 5.91 Å². The predicted octanol–water partition coefficient (Wildman–Crippen LogP) is 3.74. The van der Waals surface area contributed by atoms with Crippen molar-refractivity contribution >= 4 is 43.3 Å². The van der Waals surface area contributed by atoms with Crippen LogP contribution in [-0.2, 0) is 14.8 Å². The van der Waals surface area contributed by atoms with Gasteiger partial charge in [0.15, 0.2) is 0 Å². The van der Waals surface area contributed by atoms with Gasteiger partial charge in [-0.25, -0.2) is 12.7 Å². The van der Waals surface area contributed by atoms with Gasteiger partial charge in [-0.15, -0.1) is 11.3 Å². The second-order valence-electron chi connectivity index (χ2n) is 8.91. The number of nitriles is 1. The fourth-order valence-electron chi connectivity index (χ4n) is 3.66. The average Bonchev–Trinajstić information content (AvgIpc) is 3.30. The van der Waals surface area contributed by atoms with E-state index in [4.69, 9.17) is 5.26 Å². The van der Waals surface area contributed by atoms with E-state index in [0.717, 1.165) is 10.1 Å². The average molecular weight is 527 g/mol. The van der Waals surface area contributed by atoms with E-state index in [2.05, 4.69) is 10.6 Å². The van der Waals surface area contributed by atoms with E-state index < -0.39 is 16.1 Å². The summed E-state index contributed by atoms with van der Waals surface area (Å²) in [4.78, 5) is 26.4. The largest absolute Gasteiger partial charge is 0.354 e. The van der Waals surface area contributed by atoms with Crippen molar-refractivity contribution in [2.24, 2.45) is 5.92 Å². The van der Waals surface area contributed by atoms with Gasteiger partial charge >= 0.3 is 0 Å². The van der Waals surface area contributed by atoms with E-state index in [-0.39, 0.29) is 35.7 Å². The summed E-state index contributed by atoms with van der Waals surface area (Å²) >= 11 is 1.38. The summed E-state index contributed by atoms with van der Waals surface area (Å²) in [7, 11) is -2.22. The molecule has 0 bridgehead atoms. The lowest BCUT2D eigenvalue weighted by atomic mass is 10.0. The van der Waals surface area contributed by atoms with Gasteiger partial charge in [0.1, 0.15) is 6.04 Å². The van der Waals surface area contributed by atoms with E-state index in [1.807, 2.05) is 50.2 Å². The number of thiophene rings is 1. The molecule has 1 aromatic heterocycles. The van der Waals surface area contributed by atoms with Crippen molar-refractivity contribution in [3.05, 3.63) is 65.0 Å². The first-order valence-corrected chi connectivity index (χ1v) is 13.9. The molecule has 2 amide bonds. The van der Waals surface area contributed by atoms with E-state index in [0.29, 0.717) is 23.3 Å². The van der Waals surface area contributed by atoms with Crippen LogP contribution >= 0.6 is 11.3 Å². The highest BCUT2D eigenvalue weighted by atomic mass is 32.2. The highest BCUT2D eigenvalue weighted by Gasteiger charge is 2.24. The lowest BCUT2D eigenvalue weighted by Crippen LogP contribution is -2.47. The Morgan fingerprint density at radius 1 is 1.11 bits per heavy atom. The summed E-state index contributed by atoms with van der Waals surface area (Å²) in [5.41, 5.74) is 0.384. The Bertz CT molecular complexity index is 1330. The van der Waals surface area contributed by atoms with Gasteiger partial charge in [0.05, 0.1) is 21.4 Å². The molecule has 0 unspecified atom stereocenters. The normalized spacial score (nSPS) is 12.4. The van der Waals surface area contributed by atoms with Gasteiger partial charge in [-0.05, 0) is 60.5 Å². The lowest BCUT2D eigenvalue weighted by molar-refractivity contribution is -0.123. The molecule has 0 aliphatic carbocycles. The van der Waals surface area contributed by atoms with E-state index in [1.54, 1.807) is 0 Å². The molecule has 0 radical (unpaired) electrons. The number of nitrogens with zero attached hydrogens (tertiary/aromatic N) is 2. The van der Waals surface area contributed by atoms with Crippen LogP contribution in [0, 0.1) is 17.2 Å². The van der Waals surface area contributed by atoms with Crippen molar-refractivity contribution in [1.29, 1.82) is 5.26 Å². The molecule has 2 N–H and O–H groups in total. The van der Waals surface area contributed by atoms with Gasteiger partial charge in [-0.1, -0.05) is 32.0 Å². The molecule has 36 heavy (non-hydrogen) atoms. The Kier molecular flexibility index (Phi) is 9.20. The molecule has 0 fully saturated rings. The molecule has 0 saturated carbocycles. The summed E-state index contributed by atoms with van der Waals surface area (Å²) in [6.07, 6.45) is 0.881. The quantitative estimate of drug-likeness (QED) is 0.369. The summed E-state index contributed by atoms with van der Waals surface area (Å²) in [6, 6.07) is 16.6. The number of amides is 2. The van der Waals surface area contributed by atoms with E-state index in [1.165, 1.54) is 47.0 Å². The third kappa shape index (κ3) is 6.91. The molecular weight excluding hydrogens is 496 g/mol. The standard InChI is InChI=1S/C26H30N4O4S2/c1-18(2)15-22(29-26(32)24-16-20-7-4-5-8-23(20)35-24)25(31)28-13-6-14-30(3)36(33,34)21-11-9-19(17-27)10-12-21/h4-5,7-12,16,18,22H,6,13-15H2,1-3H3,(H,28,31)(H,29,32)/t22-/m0/s1. The molecule has 8 nitrogen and oxygen atoms in total. The molecule has 10 heteroatoms. The third-order valence-electron chi connectivity index (χ3n) is 5.62. The Morgan fingerprint density at radius 3 is 2.44 bits per heavy atom. The van der Waals surface area contributed by atoms with Crippen LogP contribution in [0.25, 0.3) is 10.1 Å². The molecule has 0 saturated heterocycles. The van der Waals surface area contributed by atoms with Crippen molar-refractivity contribution in [3.8, 4) is 6.07 Å². The van der Waals surface area contributed by atoms with Crippen LogP contribution in [0.2, 0.25) is 0 Å². The smallest absolute Gasteiger partial charge is 0.262 e. The number of sulfonamides is 1. The first kappa shape index (κ1) is 27.3. The fourth-order valence-corrected chi connectivity index (χ4v) is 5.84. The number of hydrogen-bond donors (Lipinski definition) is 2. The van der Waals surface area contributed by atoms with Crippen LogP contribution in [0.5, 0.6) is 0 Å². The number of fused-ring (bicyclic) bond motifs is 1. The van der Waals surface area contributed by atoms with E-state index >= 15 is 0 Å². The van der Waals surface area contributed by atoms with Gasteiger partial charge < -0.3 is 10.6 Å². The maximum atomic E-state index is 12.9. The van der Waals surface area contributed by atoms with Gasteiger partial charge in [0, 0.05) is 24.8 Å². The van der Waals surface area contributed by atoms with E-state index in [9.17, 15) is 18.0 Å². The van der Waals surface area contributed by atoms with Crippen molar-refractivity contribution in [2.45, 2.75) is 37.6 Å². The van der Waals surface area contributed by atoms with Crippen LogP contribution in [0.3, 0.4) is 0 Å². The zero-order valence-electron chi connectivity index (χ0n) is 20.5. The number of carbonyl (C=O) groups is 2. The summed E-state index contributed by atoms with van der Waals surface area (Å²) in [5.74, 6) is -0.395. The fraction of sp³-hybridized carbons (Fsp3) is 0.346. The molecule has 0 aliphatic heterocycles. The van der Waals surface area contributed by atoms with Crippen LogP contribution in [-0.4, -0.2) is 50.7 Å². The summed E-state index contributed by atoms with van der Waals surface area (Å²) < 4.78 is 27.7. The Balaban J connectivity index is 1.54. The van der Waals surface area contributed by atoms with Crippen molar-refractivity contribution < 1.29 is 18.0 Å². The summed E-state index contributed by atoms with van der Waals surface area (Å²) in [5, 5.41) is 15.6. The number of rotatable bonds is 11. The SMILES string of the molecule is CC(C)C[C@H](NC(=O)c1cc2ccccc2s1)C(=O)NCCCN(C)S(=O)(=O)c1ccc(C#N)cc1. The molecule has 1 heterocycles. The van der Waals surface area contributed by atoms with Crippen LogP contribution in [0.1, 0.15) is 41.9 Å². The minimum atomic E-state index is -3.70. The highest BCUT2D eigenvalue weighted by molar-refractivity contribution is 7.89. The maximum Gasteiger partial charge on any atom is 0.262 e. The van der Waals surface area contributed by atoms with Crippen LogP contribution < -0.4 is 10.6 Å². The van der Waals surface area contributed by atoms with Crippen molar-refractivity contribution in [2.75, 3.05) is 20.1 Å². The van der Waals surface area contributed by atoms with Crippen LogP contribution in [0.15, 0.2) is 59.5 Å². The van der Waals surface area contributed by atoms with Crippen molar-refractivity contribution in [3.63, 3.8) is 0 Å². The minimum Gasteiger partial charge on any atom is -0.354 e. The summed E-state index contributed by atoms with van der Waals surface area (Å²) in [6.45, 7) is 4.43. The maximum absolute atomic E-state index is 12.9. The first-order valence-electron chi connectivity index (χ1n) is 11.7. The number of carbonyl (C=O) groups excluding carboxylic acids is 2. The molecular formula is C26H30N4O4S2. The topological polar surface area (TPSA) is 119 Å². The number of benzene rings is 2. The molecule has 0 spiro atoms. The second kappa shape index (κ2) is 12.1. The molecule has 190 valence electrons. The van der Waals surface area contributed by atoms with Gasteiger partial charge in [-0.3, -0.25) is 9.59 Å². The Labute approximate surface area is 216 Å². The number of hydrogen-bond acceptors (Lipinski definition) is 6. The third-order valence-corrected chi connectivity index (χ3v) is 8.60. The zero-order chi connectivity index (χ0) is 26.3. The van der Waals surface area contributed by atoms with Crippen molar-refractivity contribution in [1.82, 2.24) is 14.9 Å². The second-order valence-corrected chi connectivity index (χ2v) is 12.0. The Morgan fingerprint density at radius 2 is 1.81 bits per heavy atom. The zero-order valence-corrected chi connectivity index (χ0v) is 22.2. The predicted molar refractivity (Wildman–Crippen MR) is 141 cm³/mol. The minimum absolute atomic E-state index is 0.106. The van der Waals surface area contributed by atoms with Gasteiger partial charge in [0.2, 0.25) is 15.9 Å².